The number of hydrogen-bond acceptors (Lipinski definition) is 1. The molecule has 0 fully saturated rings. The Hall–Kier alpha value is -2.93. The Balaban J connectivity index is 1.70. The maximum Gasteiger partial charge on any atom is 0.0637 e. The molecule has 30 heavy (non-hydrogen) atoms. The van der Waals surface area contributed by atoms with Crippen LogP contribution in [0.3, 0.4) is 0 Å². The van der Waals surface area contributed by atoms with Crippen LogP contribution in [-0.4, -0.2) is 4.98 Å². The smallest absolute Gasteiger partial charge is 0.0637 e. The minimum atomic E-state index is 0.178. The van der Waals surface area contributed by atoms with Crippen molar-refractivity contribution < 1.29 is 0 Å². The third kappa shape index (κ3) is 6.03. The van der Waals surface area contributed by atoms with E-state index in [0.29, 0.717) is 0 Å². The van der Waals surface area contributed by atoms with Crippen molar-refractivity contribution in [3.63, 3.8) is 0 Å². The van der Waals surface area contributed by atoms with Crippen LogP contribution in [0.1, 0.15) is 75.2 Å². The van der Waals surface area contributed by atoms with Gasteiger partial charge in [-0.15, -0.1) is 0 Å². The van der Waals surface area contributed by atoms with Crippen molar-refractivity contribution >= 4 is 24.3 Å². The van der Waals surface area contributed by atoms with Gasteiger partial charge >= 0.3 is 0 Å². The SMILES string of the molecule is CC(C)(C)c1ccc(/C=C/c2cccc(/C=C/c3ccc(C(C)(C)C)cc3)n2)cc1. The molecule has 0 amide bonds. The highest BCUT2D eigenvalue weighted by molar-refractivity contribution is 5.71. The maximum absolute atomic E-state index is 4.74. The summed E-state index contributed by atoms with van der Waals surface area (Å²) >= 11 is 0. The summed E-state index contributed by atoms with van der Waals surface area (Å²) < 4.78 is 0. The Labute approximate surface area is 182 Å². The molecule has 0 aliphatic heterocycles. The van der Waals surface area contributed by atoms with E-state index >= 15 is 0 Å². The van der Waals surface area contributed by atoms with Crippen molar-refractivity contribution in [2.24, 2.45) is 0 Å². The molecule has 154 valence electrons. The van der Waals surface area contributed by atoms with E-state index < -0.39 is 0 Å². The molecule has 0 aliphatic rings. The average molecular weight is 396 g/mol. The minimum Gasteiger partial charge on any atom is -0.249 e. The molecule has 0 aliphatic carbocycles. The van der Waals surface area contributed by atoms with E-state index in [-0.39, 0.29) is 10.8 Å². The number of nitrogens with zero attached hydrogens (tertiary/aromatic N) is 1. The van der Waals surface area contributed by atoms with E-state index in [1.807, 2.05) is 12.1 Å². The summed E-state index contributed by atoms with van der Waals surface area (Å²) in [5.74, 6) is 0. The molecule has 1 heteroatoms. The monoisotopic (exact) mass is 395 g/mol. The number of hydrogen-bond donors (Lipinski definition) is 0. The van der Waals surface area contributed by atoms with E-state index in [0.717, 1.165) is 11.4 Å². The van der Waals surface area contributed by atoms with E-state index in [1.54, 1.807) is 0 Å². The van der Waals surface area contributed by atoms with Gasteiger partial charge in [0.15, 0.2) is 0 Å². The third-order valence-electron chi connectivity index (χ3n) is 5.24. The summed E-state index contributed by atoms with van der Waals surface area (Å²) in [4.78, 5) is 4.74. The van der Waals surface area contributed by atoms with Crippen LogP contribution in [0, 0.1) is 0 Å². The molecule has 0 radical (unpaired) electrons. The second-order valence-electron chi connectivity index (χ2n) is 9.90. The van der Waals surface area contributed by atoms with Crippen molar-refractivity contribution in [3.05, 3.63) is 100 Å². The zero-order chi connectivity index (χ0) is 21.8. The zero-order valence-corrected chi connectivity index (χ0v) is 19.1. The van der Waals surface area contributed by atoms with Crippen LogP contribution in [0.4, 0.5) is 0 Å². The number of pyridine rings is 1. The van der Waals surface area contributed by atoms with Gasteiger partial charge < -0.3 is 0 Å². The highest BCUT2D eigenvalue weighted by Crippen LogP contribution is 2.23. The molecule has 0 atom stereocenters. The van der Waals surface area contributed by atoms with E-state index in [1.165, 1.54) is 22.3 Å². The molecule has 1 nitrogen and oxygen atoms in total. The molecule has 3 aromatic rings. The van der Waals surface area contributed by atoms with Gasteiger partial charge in [-0.05, 0) is 57.4 Å². The summed E-state index contributed by atoms with van der Waals surface area (Å²) in [5, 5.41) is 0. The van der Waals surface area contributed by atoms with Crippen LogP contribution in [0.5, 0.6) is 0 Å². The molecule has 3 rings (SSSR count). The predicted molar refractivity (Wildman–Crippen MR) is 132 cm³/mol. The fourth-order valence-corrected chi connectivity index (χ4v) is 3.21. The molecule has 0 saturated heterocycles. The van der Waals surface area contributed by atoms with E-state index in [4.69, 9.17) is 4.98 Å². The first kappa shape index (κ1) is 21.8. The lowest BCUT2D eigenvalue weighted by Crippen LogP contribution is -2.10. The highest BCUT2D eigenvalue weighted by Gasteiger charge is 2.13. The molecule has 2 aromatic carbocycles. The predicted octanol–water partition coefficient (Wildman–Crippen LogP) is 8.02. The standard InChI is InChI=1S/C29H33N/c1-28(2,3)24-16-10-22(11-17-24)14-20-26-8-7-9-27(30-26)21-15-23-12-18-25(19-13-23)29(4,5)6/h7-21H,1-6H3/b20-14+,21-15+. The van der Waals surface area contributed by atoms with Crippen molar-refractivity contribution in [2.45, 2.75) is 52.4 Å². The summed E-state index contributed by atoms with van der Waals surface area (Å²) in [5.41, 5.74) is 7.34. The summed E-state index contributed by atoms with van der Waals surface area (Å²) in [7, 11) is 0. The molecule has 1 aromatic heterocycles. The molecule has 1 heterocycles. The Morgan fingerprint density at radius 2 is 0.867 bits per heavy atom. The van der Waals surface area contributed by atoms with Crippen molar-refractivity contribution in [1.29, 1.82) is 0 Å². The first-order chi connectivity index (χ1) is 14.1. The number of rotatable bonds is 4. The lowest BCUT2D eigenvalue weighted by molar-refractivity contribution is 0.590. The first-order valence-corrected chi connectivity index (χ1v) is 10.7. The molecular weight excluding hydrogens is 362 g/mol. The van der Waals surface area contributed by atoms with Gasteiger partial charge in [0, 0.05) is 0 Å². The Bertz CT molecular complexity index is 939. The van der Waals surface area contributed by atoms with Crippen LogP contribution >= 0.6 is 0 Å². The Morgan fingerprint density at radius 1 is 0.500 bits per heavy atom. The van der Waals surface area contributed by atoms with Crippen LogP contribution in [0.15, 0.2) is 66.7 Å². The molecule has 0 spiro atoms. The van der Waals surface area contributed by atoms with Crippen LogP contribution < -0.4 is 0 Å². The normalized spacial score (nSPS) is 12.7. The maximum atomic E-state index is 4.74. The molecular formula is C29H33N. The first-order valence-electron chi connectivity index (χ1n) is 10.7. The second-order valence-corrected chi connectivity index (χ2v) is 9.90. The van der Waals surface area contributed by atoms with Gasteiger partial charge in [-0.25, -0.2) is 4.98 Å². The number of benzene rings is 2. The summed E-state index contributed by atoms with van der Waals surface area (Å²) in [6, 6.07) is 23.6. The van der Waals surface area contributed by atoms with Gasteiger partial charge in [0.2, 0.25) is 0 Å². The van der Waals surface area contributed by atoms with E-state index in [2.05, 4.69) is 120 Å². The van der Waals surface area contributed by atoms with Crippen molar-refractivity contribution in [3.8, 4) is 0 Å². The molecule has 0 unspecified atom stereocenters. The molecule has 0 bridgehead atoms. The highest BCUT2D eigenvalue weighted by atomic mass is 14.7. The topological polar surface area (TPSA) is 12.9 Å². The van der Waals surface area contributed by atoms with Gasteiger partial charge in [-0.3, -0.25) is 0 Å². The van der Waals surface area contributed by atoms with Crippen molar-refractivity contribution in [1.82, 2.24) is 4.98 Å². The van der Waals surface area contributed by atoms with E-state index in [9.17, 15) is 0 Å². The Morgan fingerprint density at radius 3 is 1.20 bits per heavy atom. The fourth-order valence-electron chi connectivity index (χ4n) is 3.21. The Kier molecular flexibility index (Phi) is 6.41. The van der Waals surface area contributed by atoms with Crippen molar-refractivity contribution in [2.75, 3.05) is 0 Å². The minimum absolute atomic E-state index is 0.178. The van der Waals surface area contributed by atoms with Gasteiger partial charge in [0.1, 0.15) is 0 Å². The van der Waals surface area contributed by atoms with Gasteiger partial charge in [0.05, 0.1) is 11.4 Å². The number of aromatic nitrogens is 1. The average Bonchev–Trinajstić information content (AvgIpc) is 2.70. The summed E-state index contributed by atoms with van der Waals surface area (Å²) in [6.45, 7) is 13.4. The van der Waals surface area contributed by atoms with Gasteiger partial charge in [-0.1, -0.05) is 108 Å². The fraction of sp³-hybridized carbons (Fsp3) is 0.276. The molecule has 0 N–H and O–H groups in total. The molecule has 0 saturated carbocycles. The lowest BCUT2D eigenvalue weighted by Gasteiger charge is -2.18. The quantitative estimate of drug-likeness (QED) is 0.436. The van der Waals surface area contributed by atoms with Gasteiger partial charge in [0.25, 0.3) is 0 Å². The summed E-state index contributed by atoms with van der Waals surface area (Å²) in [6.07, 6.45) is 8.38. The van der Waals surface area contributed by atoms with Crippen LogP contribution in [-0.2, 0) is 10.8 Å². The second kappa shape index (κ2) is 8.83. The van der Waals surface area contributed by atoms with Crippen LogP contribution in [0.25, 0.3) is 24.3 Å². The largest absolute Gasteiger partial charge is 0.249 e. The lowest BCUT2D eigenvalue weighted by atomic mass is 9.87. The van der Waals surface area contributed by atoms with Crippen LogP contribution in [0.2, 0.25) is 0 Å². The van der Waals surface area contributed by atoms with Gasteiger partial charge in [-0.2, -0.15) is 0 Å². The zero-order valence-electron chi connectivity index (χ0n) is 19.1. The third-order valence-corrected chi connectivity index (χ3v) is 5.24.